The summed E-state index contributed by atoms with van der Waals surface area (Å²) in [5.74, 6) is -0.0333. The van der Waals surface area contributed by atoms with Crippen LogP contribution in [0.25, 0.3) is 5.57 Å². The lowest BCUT2D eigenvalue weighted by molar-refractivity contribution is -0.130. The molecule has 1 N–H and O–H groups in total. The normalized spacial score (nSPS) is 9.47. The predicted molar refractivity (Wildman–Crippen MR) is 56.2 cm³/mol. The maximum Gasteiger partial charge on any atom is 0.335 e. The molecule has 1 aromatic rings. The molecule has 80 valence electrons. The van der Waals surface area contributed by atoms with Gasteiger partial charge in [0.15, 0.2) is 0 Å². The van der Waals surface area contributed by atoms with Crippen LogP contribution in [0, 0.1) is 0 Å². The quantitative estimate of drug-likeness (QED) is 0.766. The number of rotatable bonds is 4. The molecule has 0 amide bonds. The lowest BCUT2D eigenvalue weighted by Crippen LogP contribution is -2.00. The molecule has 4 nitrogen and oxygen atoms in total. The number of methoxy groups -OCH3 is 2. The summed E-state index contributed by atoms with van der Waals surface area (Å²) in [5.41, 5.74) is 0.445. The summed E-state index contributed by atoms with van der Waals surface area (Å²) >= 11 is 0. The highest BCUT2D eigenvalue weighted by Gasteiger charge is 2.13. The van der Waals surface area contributed by atoms with Gasteiger partial charge in [0.2, 0.25) is 0 Å². The summed E-state index contributed by atoms with van der Waals surface area (Å²) in [5, 5.41) is 8.80. The van der Waals surface area contributed by atoms with Gasteiger partial charge in [-0.05, 0) is 12.1 Å². The van der Waals surface area contributed by atoms with Gasteiger partial charge in [0.25, 0.3) is 0 Å². The third kappa shape index (κ3) is 2.28. The van der Waals surface area contributed by atoms with Crippen molar-refractivity contribution >= 4 is 11.5 Å². The minimum absolute atomic E-state index is 0.00509. The van der Waals surface area contributed by atoms with Gasteiger partial charge in [0.05, 0.1) is 19.8 Å². The van der Waals surface area contributed by atoms with E-state index in [4.69, 9.17) is 14.6 Å². The number of carbonyl (C=O) groups is 1. The Kier molecular flexibility index (Phi) is 3.33. The first-order valence-corrected chi connectivity index (χ1v) is 4.24. The highest BCUT2D eigenvalue weighted by atomic mass is 16.5. The van der Waals surface area contributed by atoms with Crippen LogP contribution in [0.15, 0.2) is 24.8 Å². The molecule has 0 heterocycles. The molecular formula is C11H12O4. The zero-order chi connectivity index (χ0) is 11.4. The summed E-state index contributed by atoms with van der Waals surface area (Å²) < 4.78 is 10.0. The van der Waals surface area contributed by atoms with Crippen molar-refractivity contribution in [3.05, 3.63) is 30.3 Å². The van der Waals surface area contributed by atoms with E-state index in [2.05, 4.69) is 6.58 Å². The molecule has 0 aromatic heterocycles. The SMILES string of the molecule is C=C(C(=O)O)c1ccc(OC)cc1OC. The summed E-state index contributed by atoms with van der Waals surface area (Å²) in [6, 6.07) is 4.88. The molecular weight excluding hydrogens is 196 g/mol. The van der Waals surface area contributed by atoms with E-state index in [1.165, 1.54) is 14.2 Å². The third-order valence-corrected chi connectivity index (χ3v) is 1.99. The van der Waals surface area contributed by atoms with Crippen molar-refractivity contribution in [2.75, 3.05) is 14.2 Å². The smallest absolute Gasteiger partial charge is 0.335 e. The van der Waals surface area contributed by atoms with Gasteiger partial charge in [-0.1, -0.05) is 6.58 Å². The van der Waals surface area contributed by atoms with E-state index in [9.17, 15) is 4.79 Å². The first-order chi connectivity index (χ1) is 7.10. The van der Waals surface area contributed by atoms with Crippen molar-refractivity contribution in [2.24, 2.45) is 0 Å². The molecule has 0 aliphatic carbocycles. The van der Waals surface area contributed by atoms with Crippen molar-refractivity contribution in [3.63, 3.8) is 0 Å². The van der Waals surface area contributed by atoms with Gasteiger partial charge in [-0.2, -0.15) is 0 Å². The van der Waals surface area contributed by atoms with Crippen LogP contribution >= 0.6 is 0 Å². The number of ether oxygens (including phenoxy) is 2. The van der Waals surface area contributed by atoms with Gasteiger partial charge in [-0.3, -0.25) is 0 Å². The molecule has 0 saturated carbocycles. The maximum atomic E-state index is 10.7. The highest BCUT2D eigenvalue weighted by molar-refractivity contribution is 6.15. The van der Waals surface area contributed by atoms with E-state index in [1.807, 2.05) is 0 Å². The molecule has 0 aliphatic heterocycles. The maximum absolute atomic E-state index is 10.7. The van der Waals surface area contributed by atoms with E-state index in [0.717, 1.165) is 0 Å². The molecule has 1 rings (SSSR count). The zero-order valence-electron chi connectivity index (χ0n) is 8.61. The van der Waals surface area contributed by atoms with Crippen molar-refractivity contribution in [1.82, 2.24) is 0 Å². The monoisotopic (exact) mass is 208 g/mol. The largest absolute Gasteiger partial charge is 0.497 e. The summed E-state index contributed by atoms with van der Waals surface area (Å²) in [6.07, 6.45) is 0. The van der Waals surface area contributed by atoms with Gasteiger partial charge in [-0.15, -0.1) is 0 Å². The Bertz CT molecular complexity index is 396. The molecule has 0 bridgehead atoms. The number of aliphatic carboxylic acids is 1. The zero-order valence-corrected chi connectivity index (χ0v) is 8.61. The highest BCUT2D eigenvalue weighted by Crippen LogP contribution is 2.29. The van der Waals surface area contributed by atoms with Gasteiger partial charge in [0.1, 0.15) is 11.5 Å². The van der Waals surface area contributed by atoms with Crippen molar-refractivity contribution in [1.29, 1.82) is 0 Å². The van der Waals surface area contributed by atoms with Gasteiger partial charge < -0.3 is 14.6 Å². The van der Waals surface area contributed by atoms with Gasteiger partial charge >= 0.3 is 5.97 Å². The van der Waals surface area contributed by atoms with E-state index < -0.39 is 5.97 Å². The first-order valence-electron chi connectivity index (χ1n) is 4.24. The second-order valence-electron chi connectivity index (χ2n) is 2.85. The average molecular weight is 208 g/mol. The van der Waals surface area contributed by atoms with Crippen molar-refractivity contribution in [2.45, 2.75) is 0 Å². The topological polar surface area (TPSA) is 55.8 Å². The predicted octanol–water partition coefficient (Wildman–Crippen LogP) is 1.80. The van der Waals surface area contributed by atoms with Crippen LogP contribution in [-0.4, -0.2) is 25.3 Å². The minimum atomic E-state index is -1.07. The van der Waals surface area contributed by atoms with Crippen molar-refractivity contribution < 1.29 is 19.4 Å². The minimum Gasteiger partial charge on any atom is -0.497 e. The molecule has 0 aliphatic rings. The van der Waals surface area contributed by atoms with Crippen LogP contribution in [-0.2, 0) is 4.79 Å². The van der Waals surface area contributed by atoms with E-state index >= 15 is 0 Å². The molecule has 1 aromatic carbocycles. The number of hydrogen-bond acceptors (Lipinski definition) is 3. The van der Waals surface area contributed by atoms with Crippen LogP contribution in [0.4, 0.5) is 0 Å². The lowest BCUT2D eigenvalue weighted by Gasteiger charge is -2.09. The Hall–Kier alpha value is -1.97. The van der Waals surface area contributed by atoms with Gasteiger partial charge in [0, 0.05) is 11.6 Å². The van der Waals surface area contributed by atoms with Crippen LogP contribution in [0.3, 0.4) is 0 Å². The van der Waals surface area contributed by atoms with E-state index in [1.54, 1.807) is 18.2 Å². The standard InChI is InChI=1S/C11H12O4/c1-7(11(12)13)9-5-4-8(14-2)6-10(9)15-3/h4-6H,1H2,2-3H3,(H,12,13). The van der Waals surface area contributed by atoms with Crippen LogP contribution in [0.2, 0.25) is 0 Å². The third-order valence-electron chi connectivity index (χ3n) is 1.99. The Morgan fingerprint density at radius 2 is 2.00 bits per heavy atom. The first kappa shape index (κ1) is 11.1. The second-order valence-corrected chi connectivity index (χ2v) is 2.85. The van der Waals surface area contributed by atoms with Gasteiger partial charge in [-0.25, -0.2) is 4.79 Å². The molecule has 0 saturated heterocycles. The average Bonchev–Trinajstić information content (AvgIpc) is 2.27. The summed E-state index contributed by atoms with van der Waals surface area (Å²) in [4.78, 5) is 10.7. The van der Waals surface area contributed by atoms with Crippen LogP contribution < -0.4 is 9.47 Å². The van der Waals surface area contributed by atoms with E-state index in [0.29, 0.717) is 17.1 Å². The molecule has 0 unspecified atom stereocenters. The Morgan fingerprint density at radius 3 is 2.47 bits per heavy atom. The Balaban J connectivity index is 3.18. The molecule has 0 radical (unpaired) electrons. The molecule has 15 heavy (non-hydrogen) atoms. The molecule has 4 heteroatoms. The Morgan fingerprint density at radius 1 is 1.33 bits per heavy atom. The number of carboxylic acid groups (broad SMARTS) is 1. The number of benzene rings is 1. The summed E-state index contributed by atoms with van der Waals surface area (Å²) in [7, 11) is 2.99. The van der Waals surface area contributed by atoms with E-state index in [-0.39, 0.29) is 5.57 Å². The fraction of sp³-hybridized carbons (Fsp3) is 0.182. The van der Waals surface area contributed by atoms with Crippen LogP contribution in [0.5, 0.6) is 11.5 Å². The lowest BCUT2D eigenvalue weighted by atomic mass is 10.1. The Labute approximate surface area is 87.7 Å². The molecule has 0 atom stereocenters. The fourth-order valence-electron chi connectivity index (χ4n) is 1.16. The fourth-order valence-corrected chi connectivity index (χ4v) is 1.16. The number of carboxylic acids is 1. The second kappa shape index (κ2) is 4.50. The molecule has 0 spiro atoms. The van der Waals surface area contributed by atoms with Crippen molar-refractivity contribution in [3.8, 4) is 11.5 Å². The van der Waals surface area contributed by atoms with Crippen LogP contribution in [0.1, 0.15) is 5.56 Å². The summed E-state index contributed by atoms with van der Waals surface area (Å²) in [6.45, 7) is 3.47. The number of hydrogen-bond donors (Lipinski definition) is 1. The molecule has 0 fully saturated rings.